The maximum Gasteiger partial charge on any atom is 0.119 e. The number of nitrogens with one attached hydrogen (secondary N) is 1. The molecule has 3 heteroatoms. The Kier molecular flexibility index (Phi) is 5.90. The maximum atomic E-state index is 5.62. The van der Waals surface area contributed by atoms with Crippen LogP contribution in [0.1, 0.15) is 25.8 Å². The van der Waals surface area contributed by atoms with Gasteiger partial charge in [-0.1, -0.05) is 26.0 Å². The summed E-state index contributed by atoms with van der Waals surface area (Å²) in [5.41, 5.74) is 3.98. The molecule has 0 aliphatic rings. The van der Waals surface area contributed by atoms with Crippen LogP contribution in [0.2, 0.25) is 0 Å². The van der Waals surface area contributed by atoms with Crippen molar-refractivity contribution >= 4 is 0 Å². The highest BCUT2D eigenvalue weighted by atomic mass is 16.6. The number of benzene rings is 1. The average molecular weight is 223 g/mol. The lowest BCUT2D eigenvalue weighted by Crippen LogP contribution is -2.10. The summed E-state index contributed by atoms with van der Waals surface area (Å²) in [6.45, 7) is 5.89. The molecule has 0 spiro atoms. The van der Waals surface area contributed by atoms with Gasteiger partial charge in [0.2, 0.25) is 0 Å². The fraction of sp³-hybridized carbons (Fsp3) is 0.538. The van der Waals surface area contributed by atoms with Gasteiger partial charge in [-0.05, 0) is 30.0 Å². The molecule has 1 rings (SSSR count). The molecule has 0 radical (unpaired) electrons. The van der Waals surface area contributed by atoms with Crippen LogP contribution in [0.4, 0.5) is 0 Å². The molecule has 90 valence electrons. The van der Waals surface area contributed by atoms with Crippen molar-refractivity contribution in [3.05, 3.63) is 29.8 Å². The summed E-state index contributed by atoms with van der Waals surface area (Å²) in [6, 6.07) is 8.06. The first-order valence-electron chi connectivity index (χ1n) is 5.70. The fourth-order valence-corrected chi connectivity index (χ4v) is 1.27. The van der Waals surface area contributed by atoms with Crippen molar-refractivity contribution in [2.45, 2.75) is 26.8 Å². The summed E-state index contributed by atoms with van der Waals surface area (Å²) in [7, 11) is 1.61. The zero-order valence-corrected chi connectivity index (χ0v) is 10.3. The second kappa shape index (κ2) is 7.25. The predicted molar refractivity (Wildman–Crippen MR) is 65.2 cm³/mol. The maximum absolute atomic E-state index is 5.62. The van der Waals surface area contributed by atoms with E-state index in [0.29, 0.717) is 12.5 Å². The second-order valence-corrected chi connectivity index (χ2v) is 4.20. The van der Waals surface area contributed by atoms with E-state index in [1.54, 1.807) is 7.11 Å². The van der Waals surface area contributed by atoms with E-state index in [1.807, 2.05) is 24.3 Å². The highest BCUT2D eigenvalue weighted by Crippen LogP contribution is 2.13. The van der Waals surface area contributed by atoms with Crippen LogP contribution in [-0.4, -0.2) is 13.7 Å². The van der Waals surface area contributed by atoms with Crippen molar-refractivity contribution in [3.63, 3.8) is 0 Å². The van der Waals surface area contributed by atoms with E-state index in [0.717, 1.165) is 18.8 Å². The van der Waals surface area contributed by atoms with Crippen LogP contribution in [-0.2, 0) is 11.4 Å². The summed E-state index contributed by atoms with van der Waals surface area (Å²) in [5.74, 6) is 1.62. The first-order chi connectivity index (χ1) is 7.72. The minimum absolute atomic E-state index is 0.685. The Balaban J connectivity index is 2.33. The van der Waals surface area contributed by atoms with Gasteiger partial charge < -0.3 is 9.57 Å². The lowest BCUT2D eigenvalue weighted by Gasteiger charge is -2.08. The second-order valence-electron chi connectivity index (χ2n) is 4.20. The van der Waals surface area contributed by atoms with Crippen LogP contribution in [0.3, 0.4) is 0 Å². The van der Waals surface area contributed by atoms with E-state index < -0.39 is 0 Å². The minimum atomic E-state index is 0.685. The lowest BCUT2D eigenvalue weighted by atomic mass is 10.1. The smallest absolute Gasteiger partial charge is 0.119 e. The Morgan fingerprint density at radius 3 is 2.44 bits per heavy atom. The summed E-state index contributed by atoms with van der Waals surface area (Å²) < 4.78 is 5.62. The zero-order valence-electron chi connectivity index (χ0n) is 10.3. The first-order valence-corrected chi connectivity index (χ1v) is 5.70. The lowest BCUT2D eigenvalue weighted by molar-refractivity contribution is 0.0867. The van der Waals surface area contributed by atoms with Gasteiger partial charge in [0.15, 0.2) is 0 Å². The average Bonchev–Trinajstić information content (AvgIpc) is 2.27. The van der Waals surface area contributed by atoms with E-state index in [2.05, 4.69) is 19.3 Å². The molecule has 0 atom stereocenters. The fourth-order valence-electron chi connectivity index (χ4n) is 1.27. The van der Waals surface area contributed by atoms with E-state index in [-0.39, 0.29) is 0 Å². The Bertz CT molecular complexity index is 282. The van der Waals surface area contributed by atoms with E-state index in [9.17, 15) is 0 Å². The standard InChI is InChI=1S/C13H21NO2/c1-11(2)8-9-16-13-6-4-12(5-7-13)10-14-15-3/h4-7,11,14H,8-10H2,1-3H3. The summed E-state index contributed by atoms with van der Waals surface area (Å²) in [5, 5.41) is 0. The van der Waals surface area contributed by atoms with Crippen molar-refractivity contribution in [2.75, 3.05) is 13.7 Å². The molecule has 0 aromatic heterocycles. The van der Waals surface area contributed by atoms with Crippen LogP contribution in [0, 0.1) is 5.92 Å². The SMILES string of the molecule is CONCc1ccc(OCCC(C)C)cc1. The van der Waals surface area contributed by atoms with Gasteiger partial charge in [-0.25, -0.2) is 0 Å². The molecule has 3 nitrogen and oxygen atoms in total. The molecule has 16 heavy (non-hydrogen) atoms. The molecule has 0 saturated heterocycles. The molecule has 1 N–H and O–H groups in total. The van der Waals surface area contributed by atoms with E-state index in [4.69, 9.17) is 9.57 Å². The van der Waals surface area contributed by atoms with Gasteiger partial charge in [-0.15, -0.1) is 0 Å². The highest BCUT2D eigenvalue weighted by molar-refractivity contribution is 5.27. The van der Waals surface area contributed by atoms with Crippen LogP contribution < -0.4 is 10.2 Å². The summed E-state index contributed by atoms with van der Waals surface area (Å²) in [6.07, 6.45) is 1.09. The molecule has 0 amide bonds. The first kappa shape index (κ1) is 13.0. The molecule has 0 unspecified atom stereocenters. The number of hydrogen-bond acceptors (Lipinski definition) is 3. The number of rotatable bonds is 7. The van der Waals surface area contributed by atoms with Gasteiger partial charge in [-0.2, -0.15) is 5.48 Å². The Hall–Kier alpha value is -1.06. The van der Waals surface area contributed by atoms with Crippen molar-refractivity contribution in [2.24, 2.45) is 5.92 Å². The summed E-state index contributed by atoms with van der Waals surface area (Å²) in [4.78, 5) is 4.79. The van der Waals surface area contributed by atoms with Gasteiger partial charge in [0, 0.05) is 6.54 Å². The number of hydrogen-bond donors (Lipinski definition) is 1. The molecule has 0 heterocycles. The topological polar surface area (TPSA) is 30.5 Å². The number of hydroxylamine groups is 1. The zero-order chi connectivity index (χ0) is 11.8. The molecular weight excluding hydrogens is 202 g/mol. The molecule has 0 saturated carbocycles. The van der Waals surface area contributed by atoms with E-state index >= 15 is 0 Å². The predicted octanol–water partition coefficient (Wildman–Crippen LogP) is 2.76. The Labute approximate surface area is 97.7 Å². The van der Waals surface area contributed by atoms with Crippen LogP contribution in [0.25, 0.3) is 0 Å². The van der Waals surface area contributed by atoms with Gasteiger partial charge in [-0.3, -0.25) is 0 Å². The van der Waals surface area contributed by atoms with Gasteiger partial charge in [0.1, 0.15) is 5.75 Å². The quantitative estimate of drug-likeness (QED) is 0.721. The van der Waals surface area contributed by atoms with Gasteiger partial charge >= 0.3 is 0 Å². The molecule has 0 aliphatic carbocycles. The normalized spacial score (nSPS) is 10.8. The molecule has 0 bridgehead atoms. The Morgan fingerprint density at radius 2 is 1.88 bits per heavy atom. The van der Waals surface area contributed by atoms with Crippen molar-refractivity contribution in [1.29, 1.82) is 0 Å². The third-order valence-corrected chi connectivity index (χ3v) is 2.31. The van der Waals surface area contributed by atoms with Gasteiger partial charge in [0.25, 0.3) is 0 Å². The third-order valence-electron chi connectivity index (χ3n) is 2.31. The monoisotopic (exact) mass is 223 g/mol. The minimum Gasteiger partial charge on any atom is -0.494 e. The number of ether oxygens (including phenoxy) is 1. The largest absolute Gasteiger partial charge is 0.494 e. The molecule has 0 aliphatic heterocycles. The summed E-state index contributed by atoms with van der Waals surface area (Å²) >= 11 is 0. The van der Waals surface area contributed by atoms with Crippen molar-refractivity contribution in [1.82, 2.24) is 5.48 Å². The molecule has 1 aromatic rings. The van der Waals surface area contributed by atoms with Crippen LogP contribution >= 0.6 is 0 Å². The third kappa shape index (κ3) is 5.14. The van der Waals surface area contributed by atoms with Crippen LogP contribution in [0.15, 0.2) is 24.3 Å². The molecule has 0 fully saturated rings. The van der Waals surface area contributed by atoms with Crippen molar-refractivity contribution < 1.29 is 9.57 Å². The highest BCUT2D eigenvalue weighted by Gasteiger charge is 1.97. The molecular formula is C13H21NO2. The van der Waals surface area contributed by atoms with Crippen LogP contribution in [0.5, 0.6) is 5.75 Å². The Morgan fingerprint density at radius 1 is 1.19 bits per heavy atom. The van der Waals surface area contributed by atoms with Crippen molar-refractivity contribution in [3.8, 4) is 5.75 Å². The molecule has 1 aromatic carbocycles. The van der Waals surface area contributed by atoms with Gasteiger partial charge in [0.05, 0.1) is 13.7 Å². The van der Waals surface area contributed by atoms with E-state index in [1.165, 1.54) is 5.56 Å².